The van der Waals surface area contributed by atoms with E-state index in [0.717, 1.165) is 65.0 Å². The summed E-state index contributed by atoms with van der Waals surface area (Å²) in [5.41, 5.74) is 1.40. The summed E-state index contributed by atoms with van der Waals surface area (Å²) >= 11 is 1.84. The fourth-order valence-electron chi connectivity index (χ4n) is 4.38. The predicted molar refractivity (Wildman–Crippen MR) is 95.1 cm³/mol. The molecule has 6 heteroatoms. The van der Waals surface area contributed by atoms with Gasteiger partial charge in [-0.2, -0.15) is 0 Å². The van der Waals surface area contributed by atoms with Crippen molar-refractivity contribution in [1.82, 2.24) is 14.7 Å². The van der Waals surface area contributed by atoms with Crippen LogP contribution in [0.4, 0.5) is 0 Å². The number of rotatable bonds is 3. The van der Waals surface area contributed by atoms with E-state index in [-0.39, 0.29) is 12.0 Å². The normalized spacial score (nSPS) is 29.0. The first kappa shape index (κ1) is 16.5. The Bertz CT molecular complexity index is 583. The number of fused-ring (bicyclic) bond motifs is 1. The van der Waals surface area contributed by atoms with Crippen LogP contribution in [-0.2, 0) is 17.8 Å². The second kappa shape index (κ2) is 7.12. The molecule has 4 rings (SSSR count). The molecule has 132 valence electrons. The highest BCUT2D eigenvalue weighted by Crippen LogP contribution is 2.26. The third-order valence-electron chi connectivity index (χ3n) is 5.83. The van der Waals surface area contributed by atoms with E-state index in [0.29, 0.717) is 12.6 Å². The Morgan fingerprint density at radius 2 is 2.04 bits per heavy atom. The molecule has 0 spiro atoms. The van der Waals surface area contributed by atoms with Crippen molar-refractivity contribution in [3.8, 4) is 0 Å². The molecule has 0 bridgehead atoms. The number of aliphatic hydroxyl groups excluding tert-OH is 1. The third kappa shape index (κ3) is 3.38. The van der Waals surface area contributed by atoms with Gasteiger partial charge in [-0.25, -0.2) is 0 Å². The average Bonchev–Trinajstić information content (AvgIpc) is 3.23. The minimum Gasteiger partial charge on any atom is -0.391 e. The molecular formula is C18H27N3O2S. The largest absolute Gasteiger partial charge is 0.391 e. The first-order valence-electron chi connectivity index (χ1n) is 9.18. The Hall–Kier alpha value is -0.950. The van der Waals surface area contributed by atoms with Gasteiger partial charge in [0.25, 0.3) is 0 Å². The SMILES string of the molecule is O=C(CN1CCc2sccc2C1)N1CCN([C@@H]2CCC[C@@H]2O)CC1. The van der Waals surface area contributed by atoms with Crippen molar-refractivity contribution in [2.45, 2.75) is 44.4 Å². The highest BCUT2D eigenvalue weighted by atomic mass is 32.1. The van der Waals surface area contributed by atoms with Crippen LogP contribution < -0.4 is 0 Å². The van der Waals surface area contributed by atoms with Crippen LogP contribution in [0, 0.1) is 0 Å². The number of piperazine rings is 1. The van der Waals surface area contributed by atoms with Crippen molar-refractivity contribution in [1.29, 1.82) is 0 Å². The zero-order chi connectivity index (χ0) is 16.5. The molecule has 1 aliphatic carbocycles. The Kier molecular flexibility index (Phi) is 4.90. The van der Waals surface area contributed by atoms with Gasteiger partial charge in [-0.1, -0.05) is 0 Å². The van der Waals surface area contributed by atoms with Crippen LogP contribution in [0.25, 0.3) is 0 Å². The van der Waals surface area contributed by atoms with Crippen molar-refractivity contribution in [2.24, 2.45) is 0 Å². The van der Waals surface area contributed by atoms with Crippen LogP contribution in [0.5, 0.6) is 0 Å². The molecule has 3 aliphatic rings. The fourth-order valence-corrected chi connectivity index (χ4v) is 5.27. The minimum absolute atomic E-state index is 0.166. The first-order valence-corrected chi connectivity index (χ1v) is 10.1. The van der Waals surface area contributed by atoms with E-state index in [1.165, 1.54) is 10.4 Å². The standard InChI is InChI=1S/C18H27N3O2S/c22-16-3-1-2-15(16)20-7-9-21(10-8-20)18(23)13-19-6-4-17-14(12-19)5-11-24-17/h5,11,15-16,22H,1-4,6-10,12-13H2/t15-,16+/m1/s1. The number of thiophene rings is 1. The van der Waals surface area contributed by atoms with Gasteiger partial charge in [0.15, 0.2) is 0 Å². The number of amides is 1. The molecule has 3 heterocycles. The summed E-state index contributed by atoms with van der Waals surface area (Å²) in [6, 6.07) is 2.52. The number of carbonyl (C=O) groups excluding carboxylic acids is 1. The van der Waals surface area contributed by atoms with Crippen LogP contribution in [0.2, 0.25) is 0 Å². The second-order valence-electron chi connectivity index (χ2n) is 7.31. The number of carbonyl (C=O) groups is 1. The number of hydrogen-bond donors (Lipinski definition) is 1. The van der Waals surface area contributed by atoms with E-state index in [2.05, 4.69) is 21.2 Å². The molecular weight excluding hydrogens is 322 g/mol. The van der Waals surface area contributed by atoms with E-state index in [9.17, 15) is 9.90 Å². The van der Waals surface area contributed by atoms with Gasteiger partial charge in [-0.15, -0.1) is 11.3 Å². The summed E-state index contributed by atoms with van der Waals surface area (Å²) < 4.78 is 0. The maximum atomic E-state index is 12.6. The van der Waals surface area contributed by atoms with Crippen LogP contribution >= 0.6 is 11.3 Å². The zero-order valence-corrected chi connectivity index (χ0v) is 15.0. The summed E-state index contributed by atoms with van der Waals surface area (Å²) in [6.45, 7) is 5.87. The van der Waals surface area contributed by atoms with Gasteiger partial charge in [0.05, 0.1) is 12.6 Å². The van der Waals surface area contributed by atoms with Crippen molar-refractivity contribution < 1.29 is 9.90 Å². The summed E-state index contributed by atoms with van der Waals surface area (Å²) in [6.07, 6.45) is 4.08. The lowest BCUT2D eigenvalue weighted by Crippen LogP contribution is -2.55. The van der Waals surface area contributed by atoms with E-state index in [1.807, 2.05) is 16.2 Å². The van der Waals surface area contributed by atoms with E-state index in [1.54, 1.807) is 0 Å². The van der Waals surface area contributed by atoms with Crippen LogP contribution in [0.15, 0.2) is 11.4 Å². The zero-order valence-electron chi connectivity index (χ0n) is 14.2. The molecule has 2 atom stereocenters. The molecule has 0 unspecified atom stereocenters. The molecule has 1 saturated heterocycles. The van der Waals surface area contributed by atoms with Crippen molar-refractivity contribution in [3.63, 3.8) is 0 Å². The van der Waals surface area contributed by atoms with Crippen LogP contribution in [0.3, 0.4) is 0 Å². The average molecular weight is 350 g/mol. The predicted octanol–water partition coefficient (Wildman–Crippen LogP) is 1.16. The molecule has 5 nitrogen and oxygen atoms in total. The van der Waals surface area contributed by atoms with E-state index < -0.39 is 0 Å². The van der Waals surface area contributed by atoms with Gasteiger partial charge >= 0.3 is 0 Å². The monoisotopic (exact) mass is 349 g/mol. The van der Waals surface area contributed by atoms with Crippen LogP contribution in [0.1, 0.15) is 29.7 Å². The quantitative estimate of drug-likeness (QED) is 0.890. The van der Waals surface area contributed by atoms with E-state index >= 15 is 0 Å². The highest BCUT2D eigenvalue weighted by Gasteiger charge is 2.33. The molecule has 0 radical (unpaired) electrons. The van der Waals surface area contributed by atoms with Gasteiger partial charge in [0.2, 0.25) is 5.91 Å². The molecule has 1 N–H and O–H groups in total. The lowest BCUT2D eigenvalue weighted by Gasteiger charge is -2.39. The topological polar surface area (TPSA) is 47.0 Å². The lowest BCUT2D eigenvalue weighted by atomic mass is 10.1. The Morgan fingerprint density at radius 3 is 2.79 bits per heavy atom. The highest BCUT2D eigenvalue weighted by molar-refractivity contribution is 7.10. The van der Waals surface area contributed by atoms with Crippen molar-refractivity contribution in [2.75, 3.05) is 39.3 Å². The summed E-state index contributed by atoms with van der Waals surface area (Å²) in [7, 11) is 0. The molecule has 2 aliphatic heterocycles. The molecule has 0 aromatic carbocycles. The second-order valence-corrected chi connectivity index (χ2v) is 8.31. The van der Waals surface area contributed by atoms with Gasteiger partial charge in [-0.05, 0) is 42.7 Å². The maximum Gasteiger partial charge on any atom is 0.236 e. The first-order chi connectivity index (χ1) is 11.7. The number of hydrogen-bond acceptors (Lipinski definition) is 5. The fraction of sp³-hybridized carbons (Fsp3) is 0.722. The molecule has 2 fully saturated rings. The number of aliphatic hydroxyl groups is 1. The van der Waals surface area contributed by atoms with E-state index in [4.69, 9.17) is 0 Å². The lowest BCUT2D eigenvalue weighted by molar-refractivity contribution is -0.135. The summed E-state index contributed by atoms with van der Waals surface area (Å²) in [5.74, 6) is 0.264. The summed E-state index contributed by atoms with van der Waals surface area (Å²) in [5, 5.41) is 12.2. The Labute approximate surface area is 147 Å². The molecule has 24 heavy (non-hydrogen) atoms. The van der Waals surface area contributed by atoms with Gasteiger partial charge in [0.1, 0.15) is 0 Å². The minimum atomic E-state index is -0.166. The summed E-state index contributed by atoms with van der Waals surface area (Å²) in [4.78, 5) is 20.8. The molecule has 1 aromatic heterocycles. The third-order valence-corrected chi connectivity index (χ3v) is 6.85. The maximum absolute atomic E-state index is 12.6. The van der Waals surface area contributed by atoms with Gasteiger partial charge in [0, 0.05) is 50.2 Å². The number of nitrogens with zero attached hydrogens (tertiary/aromatic N) is 3. The molecule has 1 aromatic rings. The van der Waals surface area contributed by atoms with Crippen LogP contribution in [-0.4, -0.2) is 77.1 Å². The van der Waals surface area contributed by atoms with Gasteiger partial charge < -0.3 is 10.0 Å². The Balaban J connectivity index is 1.26. The Morgan fingerprint density at radius 1 is 1.21 bits per heavy atom. The molecule has 1 saturated carbocycles. The van der Waals surface area contributed by atoms with Crippen molar-refractivity contribution in [3.05, 3.63) is 21.9 Å². The smallest absolute Gasteiger partial charge is 0.236 e. The molecule has 1 amide bonds. The van der Waals surface area contributed by atoms with Gasteiger partial charge in [-0.3, -0.25) is 14.6 Å². The van der Waals surface area contributed by atoms with Crippen molar-refractivity contribution >= 4 is 17.2 Å².